The Labute approximate surface area is 151 Å². The number of hydrogen-bond acceptors (Lipinski definition) is 4. The topological polar surface area (TPSA) is 78.5 Å². The molecule has 134 valence electrons. The molecular weight excluding hydrogens is 330 g/mol. The molecule has 0 aliphatic carbocycles. The zero-order valence-corrected chi connectivity index (χ0v) is 14.4. The van der Waals surface area contributed by atoms with E-state index in [-0.39, 0.29) is 0 Å². The second kappa shape index (κ2) is 6.80. The van der Waals surface area contributed by atoms with Crippen LogP contribution in [-0.4, -0.2) is 44.6 Å². The number of likely N-dealkylation sites (tertiary alicyclic amines) is 1. The largest absolute Gasteiger partial charge is 0.478 e. The standard InChI is InChI=1S/C20H21N3O3/c24-19(25)20(7-11-23(12-8-20)14-18-21-9-10-22-18)26-17-6-5-15-3-1-2-4-16(15)13-17/h1-6,9-10,13H,7-8,11-12,14H2,(H,21,22)(H,24,25). The number of carboxylic acids is 1. The molecule has 3 aromatic rings. The number of ether oxygens (including phenoxy) is 1. The summed E-state index contributed by atoms with van der Waals surface area (Å²) in [5.74, 6) is 0.595. The van der Waals surface area contributed by atoms with Gasteiger partial charge in [-0.3, -0.25) is 4.90 Å². The van der Waals surface area contributed by atoms with Crippen molar-refractivity contribution in [1.82, 2.24) is 14.9 Å². The zero-order chi connectivity index (χ0) is 18.0. The predicted molar refractivity (Wildman–Crippen MR) is 98.0 cm³/mol. The van der Waals surface area contributed by atoms with Crippen LogP contribution in [0.5, 0.6) is 5.75 Å². The SMILES string of the molecule is O=C(O)C1(Oc2ccc3ccccc3c2)CCN(Cc2ncc[nH]2)CC1. The Kier molecular flexibility index (Phi) is 4.34. The average molecular weight is 351 g/mol. The number of piperidine rings is 1. The van der Waals surface area contributed by atoms with Gasteiger partial charge >= 0.3 is 5.97 Å². The van der Waals surface area contributed by atoms with Gasteiger partial charge < -0.3 is 14.8 Å². The number of carboxylic acid groups (broad SMARTS) is 1. The number of benzene rings is 2. The highest BCUT2D eigenvalue weighted by atomic mass is 16.5. The fraction of sp³-hybridized carbons (Fsp3) is 0.300. The Balaban J connectivity index is 1.49. The third-order valence-corrected chi connectivity index (χ3v) is 5.02. The molecule has 1 aliphatic heterocycles. The summed E-state index contributed by atoms with van der Waals surface area (Å²) in [5.41, 5.74) is -1.18. The van der Waals surface area contributed by atoms with Gasteiger partial charge in [-0.2, -0.15) is 0 Å². The number of nitrogens with one attached hydrogen (secondary N) is 1. The van der Waals surface area contributed by atoms with Crippen LogP contribution in [0, 0.1) is 0 Å². The highest BCUT2D eigenvalue weighted by Crippen LogP contribution is 2.31. The molecular formula is C20H21N3O3. The quantitative estimate of drug-likeness (QED) is 0.739. The molecule has 1 fully saturated rings. The van der Waals surface area contributed by atoms with E-state index in [1.165, 1.54) is 0 Å². The Bertz CT molecular complexity index is 900. The van der Waals surface area contributed by atoms with E-state index < -0.39 is 11.6 Å². The third kappa shape index (κ3) is 3.28. The van der Waals surface area contributed by atoms with Gasteiger partial charge in [0.05, 0.1) is 6.54 Å². The number of aliphatic carboxylic acids is 1. The molecule has 26 heavy (non-hydrogen) atoms. The van der Waals surface area contributed by atoms with Crippen LogP contribution in [0.25, 0.3) is 10.8 Å². The van der Waals surface area contributed by atoms with Gasteiger partial charge in [0.1, 0.15) is 11.6 Å². The van der Waals surface area contributed by atoms with Crippen molar-refractivity contribution in [1.29, 1.82) is 0 Å². The molecule has 1 aliphatic rings. The van der Waals surface area contributed by atoms with Gasteiger partial charge in [-0.05, 0) is 22.9 Å². The maximum Gasteiger partial charge on any atom is 0.348 e. The van der Waals surface area contributed by atoms with Crippen molar-refractivity contribution in [3.8, 4) is 5.75 Å². The van der Waals surface area contributed by atoms with E-state index in [4.69, 9.17) is 4.74 Å². The zero-order valence-electron chi connectivity index (χ0n) is 14.4. The molecule has 0 radical (unpaired) electrons. The minimum Gasteiger partial charge on any atom is -0.478 e. The van der Waals surface area contributed by atoms with Crippen molar-refractivity contribution >= 4 is 16.7 Å². The predicted octanol–water partition coefficient (Wildman–Crippen LogP) is 3.06. The van der Waals surface area contributed by atoms with E-state index >= 15 is 0 Å². The third-order valence-electron chi connectivity index (χ3n) is 5.02. The minimum atomic E-state index is -1.18. The number of fused-ring (bicyclic) bond motifs is 1. The van der Waals surface area contributed by atoms with E-state index in [1.54, 1.807) is 12.4 Å². The lowest BCUT2D eigenvalue weighted by Crippen LogP contribution is -2.53. The molecule has 0 atom stereocenters. The van der Waals surface area contributed by atoms with Gasteiger partial charge in [0.25, 0.3) is 0 Å². The van der Waals surface area contributed by atoms with Crippen molar-refractivity contribution < 1.29 is 14.6 Å². The fourth-order valence-corrected chi connectivity index (χ4v) is 3.48. The molecule has 0 unspecified atom stereocenters. The molecule has 1 aromatic heterocycles. The highest BCUT2D eigenvalue weighted by Gasteiger charge is 2.44. The molecule has 0 bridgehead atoms. The van der Waals surface area contributed by atoms with Gasteiger partial charge in [-0.1, -0.05) is 30.3 Å². The van der Waals surface area contributed by atoms with Gasteiger partial charge in [0, 0.05) is 38.3 Å². The number of imidazole rings is 1. The highest BCUT2D eigenvalue weighted by molar-refractivity contribution is 5.84. The lowest BCUT2D eigenvalue weighted by molar-refractivity contribution is -0.159. The first-order chi connectivity index (χ1) is 12.6. The van der Waals surface area contributed by atoms with Crippen molar-refractivity contribution in [2.75, 3.05) is 13.1 Å². The maximum absolute atomic E-state index is 12.0. The minimum absolute atomic E-state index is 0.440. The maximum atomic E-state index is 12.0. The van der Waals surface area contributed by atoms with Crippen molar-refractivity contribution in [2.24, 2.45) is 0 Å². The number of aromatic amines is 1. The van der Waals surface area contributed by atoms with E-state index in [9.17, 15) is 9.90 Å². The van der Waals surface area contributed by atoms with Crippen molar-refractivity contribution in [3.63, 3.8) is 0 Å². The van der Waals surface area contributed by atoms with E-state index in [2.05, 4.69) is 14.9 Å². The average Bonchev–Trinajstić information content (AvgIpc) is 3.16. The molecule has 6 heteroatoms. The van der Waals surface area contributed by atoms with Crippen LogP contribution in [0.1, 0.15) is 18.7 Å². The van der Waals surface area contributed by atoms with Crippen molar-refractivity contribution in [2.45, 2.75) is 25.0 Å². The fourth-order valence-electron chi connectivity index (χ4n) is 3.48. The van der Waals surface area contributed by atoms with Gasteiger partial charge in [0.2, 0.25) is 5.60 Å². The van der Waals surface area contributed by atoms with E-state index in [0.717, 1.165) is 16.6 Å². The number of rotatable bonds is 5. The summed E-state index contributed by atoms with van der Waals surface area (Å²) in [4.78, 5) is 21.5. The van der Waals surface area contributed by atoms with Crippen LogP contribution in [-0.2, 0) is 11.3 Å². The van der Waals surface area contributed by atoms with Gasteiger partial charge in [-0.25, -0.2) is 9.78 Å². The summed E-state index contributed by atoms with van der Waals surface area (Å²) in [6.45, 7) is 2.00. The van der Waals surface area contributed by atoms with Crippen LogP contribution in [0.3, 0.4) is 0 Å². The molecule has 2 heterocycles. The molecule has 4 rings (SSSR count). The number of hydrogen-bond donors (Lipinski definition) is 2. The molecule has 0 amide bonds. The second-order valence-electron chi connectivity index (χ2n) is 6.72. The first-order valence-corrected chi connectivity index (χ1v) is 8.76. The Morgan fingerprint density at radius 3 is 2.65 bits per heavy atom. The smallest absolute Gasteiger partial charge is 0.348 e. The number of aromatic nitrogens is 2. The van der Waals surface area contributed by atoms with Gasteiger partial charge in [-0.15, -0.1) is 0 Å². The normalized spacial score (nSPS) is 17.2. The molecule has 1 saturated heterocycles. The number of carbonyl (C=O) groups is 1. The Morgan fingerprint density at radius 1 is 1.19 bits per heavy atom. The van der Waals surface area contributed by atoms with Crippen LogP contribution >= 0.6 is 0 Å². The lowest BCUT2D eigenvalue weighted by atomic mass is 9.91. The number of nitrogens with zero attached hydrogens (tertiary/aromatic N) is 2. The van der Waals surface area contributed by atoms with Crippen LogP contribution in [0.4, 0.5) is 0 Å². The van der Waals surface area contributed by atoms with Gasteiger partial charge in [0.15, 0.2) is 0 Å². The summed E-state index contributed by atoms with van der Waals surface area (Å²) in [5, 5.41) is 12.0. The van der Waals surface area contributed by atoms with E-state index in [0.29, 0.717) is 38.2 Å². The molecule has 0 spiro atoms. The van der Waals surface area contributed by atoms with E-state index in [1.807, 2.05) is 42.5 Å². The molecule has 0 saturated carbocycles. The van der Waals surface area contributed by atoms with Crippen molar-refractivity contribution in [3.05, 3.63) is 60.7 Å². The first-order valence-electron chi connectivity index (χ1n) is 8.76. The summed E-state index contributed by atoms with van der Waals surface area (Å²) in [7, 11) is 0. The van der Waals surface area contributed by atoms with Crippen LogP contribution in [0.15, 0.2) is 54.9 Å². The first kappa shape index (κ1) is 16.6. The molecule has 6 nitrogen and oxygen atoms in total. The van der Waals surface area contributed by atoms with Crippen LogP contribution in [0.2, 0.25) is 0 Å². The summed E-state index contributed by atoms with van der Waals surface area (Å²) < 4.78 is 6.05. The number of H-pyrrole nitrogens is 1. The second-order valence-corrected chi connectivity index (χ2v) is 6.72. The van der Waals surface area contributed by atoms with Crippen LogP contribution < -0.4 is 4.74 Å². The molecule has 2 N–H and O–H groups in total. The summed E-state index contributed by atoms with van der Waals surface area (Å²) >= 11 is 0. The summed E-state index contributed by atoms with van der Waals surface area (Å²) in [6, 6.07) is 13.7. The monoisotopic (exact) mass is 351 g/mol. The lowest BCUT2D eigenvalue weighted by Gasteiger charge is -2.38. The Morgan fingerprint density at radius 2 is 1.96 bits per heavy atom. The Hall–Kier alpha value is -2.86. The molecule has 2 aromatic carbocycles. The summed E-state index contributed by atoms with van der Waals surface area (Å²) in [6.07, 6.45) is 4.40.